The van der Waals surface area contributed by atoms with E-state index in [1.54, 1.807) is 19.3 Å². The number of aliphatic imine (C=N–C) groups is 1. The van der Waals surface area contributed by atoms with Crippen LogP contribution < -0.4 is 0 Å². The van der Waals surface area contributed by atoms with Crippen LogP contribution in [-0.4, -0.2) is 21.4 Å². The molecule has 2 aromatic carbocycles. The van der Waals surface area contributed by atoms with Crippen LogP contribution in [0.3, 0.4) is 0 Å². The Hall–Kier alpha value is -2.72. The molecule has 122 valence electrons. The van der Waals surface area contributed by atoms with Crippen molar-refractivity contribution in [2.75, 3.05) is 0 Å². The number of hydrogen-bond acceptors (Lipinski definition) is 4. The molecule has 0 saturated carbocycles. The van der Waals surface area contributed by atoms with E-state index in [1.807, 2.05) is 19.1 Å². The van der Waals surface area contributed by atoms with Crippen LogP contribution in [0.15, 0.2) is 53.7 Å². The van der Waals surface area contributed by atoms with Gasteiger partial charge in [-0.05, 0) is 36.2 Å². The lowest BCUT2D eigenvalue weighted by Crippen LogP contribution is -1.99. The molecule has 0 aliphatic rings. The summed E-state index contributed by atoms with van der Waals surface area (Å²) in [6, 6.07) is 14.4. The maximum Gasteiger partial charge on any atom is 0.145 e. The van der Waals surface area contributed by atoms with Crippen molar-refractivity contribution in [2.24, 2.45) is 4.99 Å². The smallest absolute Gasteiger partial charge is 0.145 e. The van der Waals surface area contributed by atoms with Gasteiger partial charge in [0.1, 0.15) is 5.75 Å². The van der Waals surface area contributed by atoms with Crippen LogP contribution in [0.25, 0.3) is 10.8 Å². The van der Waals surface area contributed by atoms with Gasteiger partial charge in [0.2, 0.25) is 0 Å². The highest BCUT2D eigenvalue weighted by atomic mass is 16.3. The number of aromatic nitrogens is 1. The van der Waals surface area contributed by atoms with E-state index in [2.05, 4.69) is 40.3 Å². The van der Waals surface area contributed by atoms with E-state index < -0.39 is 0 Å². The Kier molecular flexibility index (Phi) is 4.58. The van der Waals surface area contributed by atoms with Crippen LogP contribution in [-0.2, 0) is 6.61 Å². The molecule has 4 nitrogen and oxygen atoms in total. The minimum Gasteiger partial charge on any atom is -0.505 e. The first-order valence-electron chi connectivity index (χ1n) is 7.90. The largest absolute Gasteiger partial charge is 0.505 e. The Morgan fingerprint density at radius 2 is 1.92 bits per heavy atom. The van der Waals surface area contributed by atoms with E-state index in [4.69, 9.17) is 0 Å². The molecular formula is C20H20N2O2. The number of benzene rings is 2. The summed E-state index contributed by atoms with van der Waals surface area (Å²) in [5.41, 5.74) is 2.71. The zero-order valence-corrected chi connectivity index (χ0v) is 13.8. The number of aliphatic hydroxyl groups is 1. The normalized spacial score (nSPS) is 12.8. The number of pyridine rings is 1. The van der Waals surface area contributed by atoms with Crippen molar-refractivity contribution in [3.05, 3.63) is 71.0 Å². The van der Waals surface area contributed by atoms with Gasteiger partial charge in [-0.3, -0.25) is 9.98 Å². The first-order chi connectivity index (χ1) is 11.6. The number of aliphatic hydroxyl groups excluding tert-OH is 1. The molecule has 0 radical (unpaired) electrons. The van der Waals surface area contributed by atoms with Gasteiger partial charge in [-0.1, -0.05) is 36.4 Å². The van der Waals surface area contributed by atoms with Crippen molar-refractivity contribution < 1.29 is 10.2 Å². The van der Waals surface area contributed by atoms with Gasteiger partial charge in [0.25, 0.3) is 0 Å². The highest BCUT2D eigenvalue weighted by Gasteiger charge is 2.10. The summed E-state index contributed by atoms with van der Waals surface area (Å²) in [6.45, 7) is 3.54. The first-order valence-corrected chi connectivity index (χ1v) is 7.90. The lowest BCUT2D eigenvalue weighted by molar-refractivity contribution is 0.280. The topological polar surface area (TPSA) is 65.7 Å². The van der Waals surface area contributed by atoms with E-state index in [0.29, 0.717) is 16.8 Å². The van der Waals surface area contributed by atoms with Gasteiger partial charge >= 0.3 is 0 Å². The molecule has 1 aromatic heterocycles. The second-order valence-corrected chi connectivity index (χ2v) is 5.85. The highest BCUT2D eigenvalue weighted by Crippen LogP contribution is 2.25. The van der Waals surface area contributed by atoms with Crippen molar-refractivity contribution in [1.82, 2.24) is 4.98 Å². The Bertz CT molecular complexity index is 903. The van der Waals surface area contributed by atoms with Crippen molar-refractivity contribution in [1.29, 1.82) is 0 Å². The molecule has 0 fully saturated rings. The minimum atomic E-state index is -0.188. The van der Waals surface area contributed by atoms with Gasteiger partial charge in [0, 0.05) is 23.5 Å². The maximum absolute atomic E-state index is 10.2. The number of rotatable bonds is 4. The van der Waals surface area contributed by atoms with Gasteiger partial charge < -0.3 is 10.2 Å². The molecule has 0 unspecified atom stereocenters. The van der Waals surface area contributed by atoms with Crippen molar-refractivity contribution in [3.63, 3.8) is 0 Å². The Labute approximate surface area is 141 Å². The van der Waals surface area contributed by atoms with Crippen molar-refractivity contribution in [2.45, 2.75) is 26.5 Å². The fourth-order valence-corrected chi connectivity index (χ4v) is 2.66. The number of nitrogens with zero attached hydrogens (tertiary/aromatic N) is 2. The summed E-state index contributed by atoms with van der Waals surface area (Å²) in [5, 5.41) is 22.0. The molecule has 1 atom stereocenters. The van der Waals surface area contributed by atoms with E-state index >= 15 is 0 Å². The number of aryl methyl sites for hydroxylation is 1. The van der Waals surface area contributed by atoms with Crippen LogP contribution in [0.1, 0.15) is 35.3 Å². The monoisotopic (exact) mass is 320 g/mol. The van der Waals surface area contributed by atoms with Crippen LogP contribution in [0, 0.1) is 6.92 Å². The molecule has 1 heterocycles. The molecular weight excluding hydrogens is 300 g/mol. The van der Waals surface area contributed by atoms with E-state index in [1.165, 1.54) is 10.8 Å². The lowest BCUT2D eigenvalue weighted by atomic mass is 10.0. The average Bonchev–Trinajstić information content (AvgIpc) is 2.62. The molecule has 2 N–H and O–H groups in total. The Morgan fingerprint density at radius 1 is 1.17 bits per heavy atom. The third kappa shape index (κ3) is 3.14. The highest BCUT2D eigenvalue weighted by molar-refractivity contribution is 5.86. The number of hydrogen-bond donors (Lipinski definition) is 2. The van der Waals surface area contributed by atoms with Gasteiger partial charge in [0.15, 0.2) is 0 Å². The molecule has 24 heavy (non-hydrogen) atoms. The molecule has 0 aliphatic heterocycles. The summed E-state index contributed by atoms with van der Waals surface area (Å²) >= 11 is 0. The number of fused-ring (bicyclic) bond motifs is 1. The SMILES string of the molecule is Cc1ncc(CO)c(C=N[C@@H](C)c2ccc3ccccc3c2)c1O. The van der Waals surface area contributed by atoms with E-state index in [-0.39, 0.29) is 18.4 Å². The predicted molar refractivity (Wildman–Crippen MR) is 96.5 cm³/mol. The first kappa shape index (κ1) is 16.1. The van der Waals surface area contributed by atoms with E-state index in [9.17, 15) is 10.2 Å². The average molecular weight is 320 g/mol. The molecule has 0 amide bonds. The van der Waals surface area contributed by atoms with Gasteiger partial charge in [-0.25, -0.2) is 0 Å². The van der Waals surface area contributed by atoms with E-state index in [0.717, 1.165) is 5.56 Å². The third-order valence-corrected chi connectivity index (χ3v) is 4.21. The van der Waals surface area contributed by atoms with Crippen LogP contribution in [0.4, 0.5) is 0 Å². The lowest BCUT2D eigenvalue weighted by Gasteiger charge is -2.10. The molecule has 3 rings (SSSR count). The molecule has 0 aliphatic carbocycles. The maximum atomic E-state index is 10.2. The molecule has 3 aromatic rings. The summed E-state index contributed by atoms with van der Waals surface area (Å²) in [7, 11) is 0. The van der Waals surface area contributed by atoms with Crippen LogP contribution in [0.2, 0.25) is 0 Å². The summed E-state index contributed by atoms with van der Waals surface area (Å²) in [4.78, 5) is 8.62. The number of aromatic hydroxyl groups is 1. The van der Waals surface area contributed by atoms with Crippen LogP contribution in [0.5, 0.6) is 5.75 Å². The van der Waals surface area contributed by atoms with Gasteiger partial charge in [-0.2, -0.15) is 0 Å². The standard InChI is InChI=1S/C20H20N2O2/c1-13(16-8-7-15-5-3-4-6-17(15)9-16)22-11-19-18(12-23)10-21-14(2)20(19)24/h3-11,13,23-24H,12H2,1-2H3/t13-/m0/s1. The zero-order chi connectivity index (χ0) is 17.1. The fraction of sp³-hybridized carbons (Fsp3) is 0.200. The molecule has 4 heteroatoms. The molecule has 0 spiro atoms. The molecule has 0 saturated heterocycles. The van der Waals surface area contributed by atoms with Crippen molar-refractivity contribution >= 4 is 17.0 Å². The predicted octanol–water partition coefficient (Wildman–Crippen LogP) is 3.92. The van der Waals surface area contributed by atoms with Gasteiger partial charge in [0.05, 0.1) is 18.3 Å². The second kappa shape index (κ2) is 6.81. The summed E-state index contributed by atoms with van der Waals surface area (Å²) in [5.74, 6) is 0.0658. The zero-order valence-electron chi connectivity index (χ0n) is 13.8. The Morgan fingerprint density at radius 3 is 2.67 bits per heavy atom. The quantitative estimate of drug-likeness (QED) is 0.716. The second-order valence-electron chi connectivity index (χ2n) is 5.85. The third-order valence-electron chi connectivity index (χ3n) is 4.21. The van der Waals surface area contributed by atoms with Crippen LogP contribution >= 0.6 is 0 Å². The Balaban J connectivity index is 1.92. The summed E-state index contributed by atoms with van der Waals surface area (Å²) < 4.78 is 0. The van der Waals surface area contributed by atoms with Gasteiger partial charge in [-0.15, -0.1) is 0 Å². The summed E-state index contributed by atoms with van der Waals surface area (Å²) in [6.07, 6.45) is 3.19. The fourth-order valence-electron chi connectivity index (χ4n) is 2.66. The minimum absolute atomic E-state index is 0.0611. The molecule has 0 bridgehead atoms. The van der Waals surface area contributed by atoms with Crippen molar-refractivity contribution in [3.8, 4) is 5.75 Å².